The SMILES string of the molecule is COc1ncccc1C(=O)N1CCC2(CC1)C(=O)N(C)C(=O)N2Cc1ccccc1. The van der Waals surface area contributed by atoms with Crippen LogP contribution in [0.15, 0.2) is 48.7 Å². The lowest BCUT2D eigenvalue weighted by Crippen LogP contribution is -2.57. The molecule has 1 spiro atoms. The number of likely N-dealkylation sites (tertiary alicyclic amines) is 1. The maximum Gasteiger partial charge on any atom is 0.327 e. The number of hydrogen-bond acceptors (Lipinski definition) is 5. The van der Waals surface area contributed by atoms with Crippen molar-refractivity contribution in [1.82, 2.24) is 19.7 Å². The smallest absolute Gasteiger partial charge is 0.327 e. The van der Waals surface area contributed by atoms with Gasteiger partial charge in [-0.3, -0.25) is 14.5 Å². The standard InChI is InChI=1S/C22H24N4O4/c1-24-20(28)22(26(21(24)29)15-16-7-4-3-5-8-16)10-13-25(14-11-22)19(27)17-9-6-12-23-18(17)30-2/h3-9,12H,10-11,13-15H2,1-2H3. The van der Waals surface area contributed by atoms with Crippen LogP contribution < -0.4 is 4.74 Å². The Balaban J connectivity index is 1.55. The Morgan fingerprint density at radius 3 is 2.47 bits per heavy atom. The number of aromatic nitrogens is 1. The van der Waals surface area contributed by atoms with Crippen LogP contribution in [-0.4, -0.2) is 70.3 Å². The lowest BCUT2D eigenvalue weighted by atomic mass is 9.85. The third-order valence-corrected chi connectivity index (χ3v) is 5.99. The molecule has 2 aromatic rings. The minimum absolute atomic E-state index is 0.186. The quantitative estimate of drug-likeness (QED) is 0.724. The number of rotatable bonds is 4. The Morgan fingerprint density at radius 1 is 1.10 bits per heavy atom. The van der Waals surface area contributed by atoms with E-state index in [2.05, 4.69) is 4.98 Å². The molecule has 0 saturated carbocycles. The second-order valence-electron chi connectivity index (χ2n) is 7.60. The van der Waals surface area contributed by atoms with Crippen LogP contribution in [0, 0.1) is 0 Å². The lowest BCUT2D eigenvalue weighted by molar-refractivity contribution is -0.134. The highest BCUT2D eigenvalue weighted by atomic mass is 16.5. The molecule has 1 aromatic heterocycles. The largest absolute Gasteiger partial charge is 0.480 e. The summed E-state index contributed by atoms with van der Waals surface area (Å²) in [5.74, 6) is -0.107. The number of urea groups is 1. The van der Waals surface area contributed by atoms with Crippen LogP contribution in [0.1, 0.15) is 28.8 Å². The van der Waals surface area contributed by atoms with E-state index in [1.165, 1.54) is 19.1 Å². The molecule has 2 saturated heterocycles. The van der Waals surface area contributed by atoms with Gasteiger partial charge in [-0.05, 0) is 30.5 Å². The number of amides is 4. The van der Waals surface area contributed by atoms with Gasteiger partial charge in [0.05, 0.1) is 7.11 Å². The molecule has 4 amide bonds. The molecule has 0 aliphatic carbocycles. The van der Waals surface area contributed by atoms with E-state index in [9.17, 15) is 14.4 Å². The first kappa shape index (κ1) is 19.9. The summed E-state index contributed by atoms with van der Waals surface area (Å²) in [6.07, 6.45) is 2.35. The van der Waals surface area contributed by atoms with Crippen LogP contribution in [0.2, 0.25) is 0 Å². The van der Waals surface area contributed by atoms with Gasteiger partial charge in [-0.1, -0.05) is 30.3 Å². The van der Waals surface area contributed by atoms with E-state index in [0.717, 1.165) is 5.56 Å². The predicted molar refractivity (Wildman–Crippen MR) is 109 cm³/mol. The summed E-state index contributed by atoms with van der Waals surface area (Å²) >= 11 is 0. The number of methoxy groups -OCH3 is 1. The normalized spacial score (nSPS) is 18.3. The highest BCUT2D eigenvalue weighted by molar-refractivity contribution is 6.07. The van der Waals surface area contributed by atoms with Gasteiger partial charge in [-0.15, -0.1) is 0 Å². The van der Waals surface area contributed by atoms with Crippen LogP contribution in [0.25, 0.3) is 0 Å². The number of carbonyl (C=O) groups excluding carboxylic acids is 3. The first-order chi connectivity index (χ1) is 14.5. The number of nitrogens with zero attached hydrogens (tertiary/aromatic N) is 4. The summed E-state index contributed by atoms with van der Waals surface area (Å²) < 4.78 is 5.21. The molecule has 30 heavy (non-hydrogen) atoms. The molecule has 3 heterocycles. The fourth-order valence-corrected chi connectivity index (χ4v) is 4.31. The Morgan fingerprint density at radius 2 is 1.80 bits per heavy atom. The van der Waals surface area contributed by atoms with E-state index >= 15 is 0 Å². The molecule has 8 nitrogen and oxygen atoms in total. The van der Waals surface area contributed by atoms with Crippen LogP contribution in [0.5, 0.6) is 5.88 Å². The van der Waals surface area contributed by atoms with Gasteiger partial charge in [0, 0.05) is 32.9 Å². The second-order valence-corrected chi connectivity index (χ2v) is 7.60. The van der Waals surface area contributed by atoms with Crippen molar-refractivity contribution in [2.75, 3.05) is 27.2 Å². The van der Waals surface area contributed by atoms with Crippen molar-refractivity contribution in [1.29, 1.82) is 0 Å². The van der Waals surface area contributed by atoms with E-state index in [1.54, 1.807) is 28.1 Å². The zero-order valence-electron chi connectivity index (χ0n) is 17.1. The van der Waals surface area contributed by atoms with E-state index in [0.29, 0.717) is 38.0 Å². The van der Waals surface area contributed by atoms with Crippen LogP contribution >= 0.6 is 0 Å². The number of imide groups is 1. The number of ether oxygens (including phenoxy) is 1. The monoisotopic (exact) mass is 408 g/mol. The van der Waals surface area contributed by atoms with Crippen molar-refractivity contribution in [3.63, 3.8) is 0 Å². The van der Waals surface area contributed by atoms with Gasteiger partial charge >= 0.3 is 6.03 Å². The molecule has 0 unspecified atom stereocenters. The third kappa shape index (κ3) is 3.18. The molecule has 156 valence electrons. The summed E-state index contributed by atoms with van der Waals surface area (Å²) in [7, 11) is 3.00. The number of likely N-dealkylation sites (N-methyl/N-ethyl adjacent to an activating group) is 1. The molecular formula is C22H24N4O4. The Labute approximate surface area is 175 Å². The van der Waals surface area contributed by atoms with Crippen LogP contribution in [0.4, 0.5) is 4.79 Å². The van der Waals surface area contributed by atoms with Gasteiger partial charge in [-0.2, -0.15) is 0 Å². The molecule has 4 rings (SSSR count). The number of benzene rings is 1. The summed E-state index contributed by atoms with van der Waals surface area (Å²) in [5.41, 5.74) is 0.437. The topological polar surface area (TPSA) is 83.0 Å². The molecule has 2 fully saturated rings. The Kier molecular flexibility index (Phi) is 5.15. The molecular weight excluding hydrogens is 384 g/mol. The molecule has 2 aliphatic heterocycles. The first-order valence-electron chi connectivity index (χ1n) is 9.90. The average molecular weight is 408 g/mol. The molecule has 2 aliphatic rings. The van der Waals surface area contributed by atoms with Crippen molar-refractivity contribution in [3.05, 3.63) is 59.8 Å². The van der Waals surface area contributed by atoms with Crippen LogP contribution in [0.3, 0.4) is 0 Å². The second kappa shape index (κ2) is 7.78. The van der Waals surface area contributed by atoms with Crippen molar-refractivity contribution < 1.29 is 19.1 Å². The molecule has 0 atom stereocenters. The predicted octanol–water partition coefficient (Wildman–Crippen LogP) is 2.16. The van der Waals surface area contributed by atoms with Crippen LogP contribution in [-0.2, 0) is 11.3 Å². The minimum Gasteiger partial charge on any atom is -0.480 e. The van der Waals surface area contributed by atoms with Gasteiger partial charge in [0.1, 0.15) is 11.1 Å². The van der Waals surface area contributed by atoms with Gasteiger partial charge < -0.3 is 14.5 Å². The molecule has 8 heteroatoms. The Bertz CT molecular complexity index is 970. The molecule has 0 N–H and O–H groups in total. The fraction of sp³-hybridized carbons (Fsp3) is 0.364. The highest BCUT2D eigenvalue weighted by Crippen LogP contribution is 2.38. The van der Waals surface area contributed by atoms with E-state index in [1.807, 2.05) is 30.3 Å². The van der Waals surface area contributed by atoms with E-state index < -0.39 is 5.54 Å². The van der Waals surface area contributed by atoms with Gasteiger partial charge in [0.2, 0.25) is 5.88 Å². The molecule has 0 bridgehead atoms. The zero-order chi connectivity index (χ0) is 21.3. The number of piperidine rings is 1. The van der Waals surface area contributed by atoms with E-state index in [4.69, 9.17) is 4.74 Å². The zero-order valence-corrected chi connectivity index (χ0v) is 17.1. The highest BCUT2D eigenvalue weighted by Gasteiger charge is 2.57. The van der Waals surface area contributed by atoms with Gasteiger partial charge in [0.25, 0.3) is 11.8 Å². The molecule has 1 aromatic carbocycles. The maximum atomic E-state index is 13.1. The van der Waals surface area contributed by atoms with E-state index in [-0.39, 0.29) is 23.7 Å². The summed E-state index contributed by atoms with van der Waals surface area (Å²) in [6.45, 7) is 1.10. The maximum absolute atomic E-state index is 13.1. The minimum atomic E-state index is -0.919. The Hall–Kier alpha value is -3.42. The van der Waals surface area contributed by atoms with Crippen molar-refractivity contribution in [3.8, 4) is 5.88 Å². The number of hydrogen-bond donors (Lipinski definition) is 0. The molecule has 0 radical (unpaired) electrons. The van der Waals surface area contributed by atoms with Gasteiger partial charge in [-0.25, -0.2) is 9.78 Å². The average Bonchev–Trinajstić information content (AvgIpc) is 2.96. The fourth-order valence-electron chi connectivity index (χ4n) is 4.31. The van der Waals surface area contributed by atoms with Crippen molar-refractivity contribution in [2.45, 2.75) is 24.9 Å². The third-order valence-electron chi connectivity index (χ3n) is 5.99. The van der Waals surface area contributed by atoms with Gasteiger partial charge in [0.15, 0.2) is 0 Å². The summed E-state index contributed by atoms with van der Waals surface area (Å²) in [6, 6.07) is 12.7. The summed E-state index contributed by atoms with van der Waals surface area (Å²) in [5, 5.41) is 0. The van der Waals surface area contributed by atoms with Crippen molar-refractivity contribution >= 4 is 17.8 Å². The summed E-state index contributed by atoms with van der Waals surface area (Å²) in [4.78, 5) is 47.6. The number of pyridine rings is 1. The first-order valence-corrected chi connectivity index (χ1v) is 9.90. The number of carbonyl (C=O) groups is 3. The van der Waals surface area contributed by atoms with Crippen molar-refractivity contribution in [2.24, 2.45) is 0 Å². The lowest BCUT2D eigenvalue weighted by Gasteiger charge is -2.42.